The number of thiazole rings is 1. The van der Waals surface area contributed by atoms with Gasteiger partial charge in [-0.25, -0.2) is 0 Å². The Morgan fingerprint density at radius 3 is 2.49 bits per heavy atom. The van der Waals surface area contributed by atoms with Gasteiger partial charge < -0.3 is 14.8 Å². The molecule has 1 amide bonds. The Bertz CT molecular complexity index is 1440. The number of carbonyl (C=O) groups is 1. The summed E-state index contributed by atoms with van der Waals surface area (Å²) in [6.45, 7) is 6.29. The minimum atomic E-state index is -0.490. The second-order valence-corrected chi connectivity index (χ2v) is 9.03. The molecule has 0 saturated heterocycles. The summed E-state index contributed by atoms with van der Waals surface area (Å²) in [7, 11) is 3.11. The van der Waals surface area contributed by atoms with Gasteiger partial charge in [0.05, 0.1) is 24.4 Å². The van der Waals surface area contributed by atoms with E-state index in [2.05, 4.69) is 5.32 Å². The molecular weight excluding hydrogens is 462 g/mol. The SMILES string of the molecule is CCCCNC(=O)/C(C#N)=c1\s/c(=C\c2ccc(OC)cc2OC)c(=O)n1-c1c(C)cccc1C. The van der Waals surface area contributed by atoms with Crippen molar-refractivity contribution < 1.29 is 14.3 Å². The predicted molar refractivity (Wildman–Crippen MR) is 139 cm³/mol. The van der Waals surface area contributed by atoms with Crippen LogP contribution in [0.1, 0.15) is 36.5 Å². The fourth-order valence-corrected chi connectivity index (χ4v) is 4.83. The van der Waals surface area contributed by atoms with Gasteiger partial charge in [0.25, 0.3) is 11.5 Å². The van der Waals surface area contributed by atoms with Gasteiger partial charge in [-0.05, 0) is 49.6 Å². The smallest absolute Gasteiger partial charge is 0.273 e. The Balaban J connectivity index is 2.38. The fraction of sp³-hybridized carbons (Fsp3) is 0.296. The third-order valence-corrected chi connectivity index (χ3v) is 6.67. The molecule has 35 heavy (non-hydrogen) atoms. The van der Waals surface area contributed by atoms with E-state index in [0.717, 1.165) is 35.3 Å². The molecule has 1 aromatic heterocycles. The molecule has 0 radical (unpaired) electrons. The van der Waals surface area contributed by atoms with Crippen LogP contribution in [0.3, 0.4) is 0 Å². The molecule has 7 nitrogen and oxygen atoms in total. The van der Waals surface area contributed by atoms with Crippen LogP contribution in [0.2, 0.25) is 0 Å². The van der Waals surface area contributed by atoms with Gasteiger partial charge in [0, 0.05) is 18.2 Å². The van der Waals surface area contributed by atoms with Crippen LogP contribution in [-0.2, 0) is 4.79 Å². The highest BCUT2D eigenvalue weighted by Gasteiger charge is 2.19. The summed E-state index contributed by atoms with van der Waals surface area (Å²) in [5, 5.41) is 12.7. The number of amides is 1. The third-order valence-electron chi connectivity index (χ3n) is 5.58. The molecule has 8 heteroatoms. The minimum absolute atomic E-state index is 0.0906. The van der Waals surface area contributed by atoms with Gasteiger partial charge in [0.2, 0.25) is 0 Å². The number of aryl methyl sites for hydroxylation is 2. The maximum atomic E-state index is 13.7. The molecule has 182 valence electrons. The van der Waals surface area contributed by atoms with E-state index in [9.17, 15) is 14.9 Å². The number of nitrogens with zero attached hydrogens (tertiary/aromatic N) is 2. The second kappa shape index (κ2) is 11.5. The average molecular weight is 492 g/mol. The van der Waals surface area contributed by atoms with E-state index in [4.69, 9.17) is 9.47 Å². The maximum Gasteiger partial charge on any atom is 0.273 e. The van der Waals surface area contributed by atoms with Gasteiger partial charge in [0.15, 0.2) is 5.57 Å². The van der Waals surface area contributed by atoms with E-state index in [0.29, 0.717) is 38.5 Å². The van der Waals surface area contributed by atoms with E-state index >= 15 is 0 Å². The number of hydrogen-bond donors (Lipinski definition) is 1. The molecule has 0 aliphatic heterocycles. The number of rotatable bonds is 8. The van der Waals surface area contributed by atoms with Crippen LogP contribution in [-0.4, -0.2) is 31.2 Å². The molecule has 0 saturated carbocycles. The van der Waals surface area contributed by atoms with Gasteiger partial charge in [-0.2, -0.15) is 5.26 Å². The zero-order valence-corrected chi connectivity index (χ0v) is 21.4. The lowest BCUT2D eigenvalue weighted by atomic mass is 10.1. The summed E-state index contributed by atoms with van der Waals surface area (Å²) in [6.07, 6.45) is 3.43. The Kier molecular flexibility index (Phi) is 8.50. The average Bonchev–Trinajstić information content (AvgIpc) is 3.15. The van der Waals surface area contributed by atoms with E-state index in [1.165, 1.54) is 4.57 Å². The molecule has 1 N–H and O–H groups in total. The number of methoxy groups -OCH3 is 2. The summed E-state index contributed by atoms with van der Waals surface area (Å²) in [6, 6.07) is 13.1. The van der Waals surface area contributed by atoms with Crippen LogP contribution >= 0.6 is 11.3 Å². The first-order valence-electron chi connectivity index (χ1n) is 11.3. The predicted octanol–water partition coefficient (Wildman–Crippen LogP) is 2.95. The highest BCUT2D eigenvalue weighted by Crippen LogP contribution is 2.25. The number of nitriles is 1. The number of ether oxygens (including phenoxy) is 2. The largest absolute Gasteiger partial charge is 0.497 e. The van der Waals surface area contributed by atoms with Gasteiger partial charge in [-0.3, -0.25) is 14.2 Å². The number of aromatic nitrogens is 1. The van der Waals surface area contributed by atoms with Crippen molar-refractivity contribution >= 4 is 28.9 Å². The molecule has 0 aliphatic carbocycles. The van der Waals surface area contributed by atoms with Gasteiger partial charge >= 0.3 is 0 Å². The summed E-state index contributed by atoms with van der Waals surface area (Å²) in [4.78, 5) is 26.7. The van der Waals surface area contributed by atoms with Crippen LogP contribution in [0.4, 0.5) is 0 Å². The molecule has 0 spiro atoms. The monoisotopic (exact) mass is 491 g/mol. The molecule has 0 bridgehead atoms. The zero-order chi connectivity index (χ0) is 25.5. The van der Waals surface area contributed by atoms with Gasteiger partial charge in [-0.15, -0.1) is 11.3 Å². The van der Waals surface area contributed by atoms with Crippen molar-refractivity contribution in [3.63, 3.8) is 0 Å². The highest BCUT2D eigenvalue weighted by molar-refractivity contribution is 7.07. The summed E-state index contributed by atoms with van der Waals surface area (Å²) < 4.78 is 12.9. The lowest BCUT2D eigenvalue weighted by Gasteiger charge is -2.11. The summed E-state index contributed by atoms with van der Waals surface area (Å²) in [5.74, 6) is 0.678. The number of carbonyl (C=O) groups excluding carboxylic acids is 1. The van der Waals surface area contributed by atoms with Crippen LogP contribution in [0.15, 0.2) is 41.2 Å². The Morgan fingerprint density at radius 2 is 1.89 bits per heavy atom. The molecule has 3 rings (SSSR count). The minimum Gasteiger partial charge on any atom is -0.497 e. The van der Waals surface area contributed by atoms with Gasteiger partial charge in [-0.1, -0.05) is 31.5 Å². The number of benzene rings is 2. The van der Waals surface area contributed by atoms with E-state index < -0.39 is 5.91 Å². The van der Waals surface area contributed by atoms with Crippen LogP contribution in [0.5, 0.6) is 11.5 Å². The number of unbranched alkanes of at least 4 members (excludes halogenated alkanes) is 1. The van der Waals surface area contributed by atoms with Gasteiger partial charge in [0.1, 0.15) is 22.2 Å². The van der Waals surface area contributed by atoms with Crippen molar-refractivity contribution in [1.29, 1.82) is 5.26 Å². The molecule has 1 heterocycles. The lowest BCUT2D eigenvalue weighted by molar-refractivity contribution is -0.115. The van der Waals surface area contributed by atoms with Crippen molar-refractivity contribution in [2.45, 2.75) is 33.6 Å². The lowest BCUT2D eigenvalue weighted by Crippen LogP contribution is -2.34. The molecule has 3 aromatic rings. The van der Waals surface area contributed by atoms with Crippen molar-refractivity contribution in [3.05, 3.63) is 72.6 Å². The van der Waals surface area contributed by atoms with Crippen LogP contribution in [0, 0.1) is 25.2 Å². The van der Waals surface area contributed by atoms with Crippen LogP contribution in [0.25, 0.3) is 17.3 Å². The zero-order valence-electron chi connectivity index (χ0n) is 20.6. The molecular formula is C27H29N3O4S. The number of para-hydroxylation sites is 1. The molecule has 0 atom stereocenters. The Labute approximate surface area is 208 Å². The number of nitrogens with one attached hydrogen (secondary N) is 1. The van der Waals surface area contributed by atoms with E-state index in [1.807, 2.05) is 45.0 Å². The third kappa shape index (κ3) is 5.47. The first-order chi connectivity index (χ1) is 16.9. The van der Waals surface area contributed by atoms with Crippen molar-refractivity contribution in [3.8, 4) is 23.3 Å². The Hall–Kier alpha value is -3.83. The topological polar surface area (TPSA) is 93.4 Å². The van der Waals surface area contributed by atoms with Crippen molar-refractivity contribution in [1.82, 2.24) is 9.88 Å². The molecule has 0 fully saturated rings. The number of hydrogen-bond acceptors (Lipinski definition) is 6. The highest BCUT2D eigenvalue weighted by atomic mass is 32.1. The standard InChI is InChI=1S/C27H29N3O4S/c1-6-7-13-29-25(31)21(16-28)27-30(24-17(2)9-8-10-18(24)3)26(32)23(35-27)14-19-11-12-20(33-4)15-22(19)34-5/h8-12,14-15H,6-7,13H2,1-5H3,(H,29,31)/b23-14-,27-21-. The maximum absolute atomic E-state index is 13.7. The first kappa shape index (κ1) is 25.8. The van der Waals surface area contributed by atoms with E-state index in [-0.39, 0.29) is 11.1 Å². The molecule has 0 unspecified atom stereocenters. The summed E-state index contributed by atoms with van der Waals surface area (Å²) >= 11 is 1.11. The fourth-order valence-electron chi connectivity index (χ4n) is 3.75. The summed E-state index contributed by atoms with van der Waals surface area (Å²) in [5.41, 5.74) is 2.67. The molecule has 0 aliphatic rings. The quantitative estimate of drug-likeness (QED) is 0.489. The second-order valence-electron chi connectivity index (χ2n) is 8.00. The first-order valence-corrected chi connectivity index (χ1v) is 12.1. The van der Waals surface area contributed by atoms with E-state index in [1.54, 1.807) is 38.5 Å². The normalized spacial score (nSPS) is 12.2. The van der Waals surface area contributed by atoms with Crippen molar-refractivity contribution in [2.24, 2.45) is 0 Å². The van der Waals surface area contributed by atoms with Crippen molar-refractivity contribution in [2.75, 3.05) is 20.8 Å². The Morgan fingerprint density at radius 1 is 1.17 bits per heavy atom. The molecule has 2 aromatic carbocycles. The van der Waals surface area contributed by atoms with Crippen LogP contribution < -0.4 is 29.5 Å².